The van der Waals surface area contributed by atoms with E-state index in [0.29, 0.717) is 30.5 Å². The summed E-state index contributed by atoms with van der Waals surface area (Å²) in [5, 5.41) is 0. The highest BCUT2D eigenvalue weighted by atomic mass is 16.5. The predicted molar refractivity (Wildman–Crippen MR) is 123 cm³/mol. The molecule has 0 N–H and O–H groups in total. The third-order valence-corrected chi connectivity index (χ3v) is 9.08. The monoisotopic (exact) mass is 422 g/mol. The molecule has 1 aromatic carbocycles. The third kappa shape index (κ3) is 3.67. The molecule has 5 unspecified atom stereocenters. The van der Waals surface area contributed by atoms with Gasteiger partial charge in [0.25, 0.3) is 0 Å². The van der Waals surface area contributed by atoms with E-state index in [2.05, 4.69) is 32.0 Å². The number of rotatable bonds is 3. The van der Waals surface area contributed by atoms with Crippen molar-refractivity contribution in [2.75, 3.05) is 13.2 Å². The standard InChI is InChI=1S/C28H38O3/c1-4-30-26(29)17-21-9-11-24-27-18(2)15-20-16-19(25-7-5-6-14-31-25)8-10-22(20)23(27)12-13-28(21,24)3/h8,10,16-18,23-25,27H,4-7,9,11-15H2,1-3H3/b21-17+/t18-,23?,24?,25?,27?,28?/m1/s1. The number of hydrogen-bond acceptors (Lipinski definition) is 3. The second-order valence-electron chi connectivity index (χ2n) is 10.7. The van der Waals surface area contributed by atoms with Crippen LogP contribution in [0.1, 0.15) is 94.4 Å². The van der Waals surface area contributed by atoms with Gasteiger partial charge in [-0.05, 0) is 104 Å². The van der Waals surface area contributed by atoms with Crippen molar-refractivity contribution in [2.45, 2.75) is 84.2 Å². The van der Waals surface area contributed by atoms with Crippen molar-refractivity contribution in [1.29, 1.82) is 0 Å². The number of benzene rings is 1. The predicted octanol–water partition coefficient (Wildman–Crippen LogP) is 6.52. The van der Waals surface area contributed by atoms with Crippen molar-refractivity contribution in [3.05, 3.63) is 46.5 Å². The van der Waals surface area contributed by atoms with Crippen LogP contribution in [0.2, 0.25) is 0 Å². The summed E-state index contributed by atoms with van der Waals surface area (Å²) in [5.74, 6) is 2.60. The van der Waals surface area contributed by atoms with Crippen molar-refractivity contribution >= 4 is 5.97 Å². The lowest BCUT2D eigenvalue weighted by Crippen LogP contribution is -2.44. The van der Waals surface area contributed by atoms with Gasteiger partial charge in [-0.25, -0.2) is 4.79 Å². The molecule has 1 aromatic rings. The molecular formula is C28H38O3. The van der Waals surface area contributed by atoms with Gasteiger partial charge in [0.05, 0.1) is 12.7 Å². The van der Waals surface area contributed by atoms with Crippen molar-refractivity contribution in [1.82, 2.24) is 0 Å². The SMILES string of the molecule is CCOC(=O)/C=C1\CCC2C3C(CCC12C)c1ccc(C2CCCCO2)cc1C[C@H]3C. The summed E-state index contributed by atoms with van der Waals surface area (Å²) in [6.45, 7) is 8.15. The largest absolute Gasteiger partial charge is 0.463 e. The Hall–Kier alpha value is -1.61. The Morgan fingerprint density at radius 3 is 2.90 bits per heavy atom. The van der Waals surface area contributed by atoms with Crippen molar-refractivity contribution in [3.8, 4) is 0 Å². The first kappa shape index (κ1) is 21.2. The Morgan fingerprint density at radius 2 is 2.13 bits per heavy atom. The van der Waals surface area contributed by atoms with Crippen LogP contribution in [0.5, 0.6) is 0 Å². The molecule has 0 aromatic heterocycles. The highest BCUT2D eigenvalue weighted by Gasteiger charge is 2.54. The van der Waals surface area contributed by atoms with Crippen molar-refractivity contribution in [2.24, 2.45) is 23.2 Å². The molecule has 0 amide bonds. The molecule has 168 valence electrons. The minimum atomic E-state index is -0.152. The van der Waals surface area contributed by atoms with Gasteiger partial charge in [-0.15, -0.1) is 0 Å². The van der Waals surface area contributed by atoms with E-state index < -0.39 is 0 Å². The first-order chi connectivity index (χ1) is 15.0. The lowest BCUT2D eigenvalue weighted by atomic mass is 9.52. The Labute approximate surface area is 187 Å². The van der Waals surface area contributed by atoms with Crippen LogP contribution in [0, 0.1) is 23.2 Å². The number of carbonyl (C=O) groups excluding carboxylic acids is 1. The number of allylic oxidation sites excluding steroid dienone is 1. The minimum Gasteiger partial charge on any atom is -0.463 e. The van der Waals surface area contributed by atoms with E-state index in [4.69, 9.17) is 9.47 Å². The molecule has 1 heterocycles. The Bertz CT molecular complexity index is 865. The van der Waals surface area contributed by atoms with E-state index in [1.165, 1.54) is 49.7 Å². The van der Waals surface area contributed by atoms with Gasteiger partial charge in [0, 0.05) is 12.7 Å². The van der Waals surface area contributed by atoms with Gasteiger partial charge in [0.1, 0.15) is 0 Å². The van der Waals surface area contributed by atoms with Crippen molar-refractivity contribution in [3.63, 3.8) is 0 Å². The molecule has 3 aliphatic carbocycles. The normalized spacial score (nSPS) is 38.3. The van der Waals surface area contributed by atoms with Crippen LogP contribution in [-0.2, 0) is 20.7 Å². The van der Waals surface area contributed by atoms with Gasteiger partial charge in [-0.1, -0.05) is 37.6 Å². The van der Waals surface area contributed by atoms with Gasteiger partial charge in [-0.2, -0.15) is 0 Å². The quantitative estimate of drug-likeness (QED) is 0.411. The fourth-order valence-electron chi connectivity index (χ4n) is 7.61. The number of ether oxygens (including phenoxy) is 2. The molecule has 3 nitrogen and oxygen atoms in total. The molecule has 6 atom stereocenters. The summed E-state index contributed by atoms with van der Waals surface area (Å²) in [5.41, 5.74) is 6.08. The lowest BCUT2D eigenvalue weighted by Gasteiger charge is -2.52. The second kappa shape index (κ2) is 8.39. The minimum absolute atomic E-state index is 0.152. The smallest absolute Gasteiger partial charge is 0.330 e. The summed E-state index contributed by atoms with van der Waals surface area (Å²) in [6, 6.07) is 7.28. The average molecular weight is 423 g/mol. The Balaban J connectivity index is 1.41. The first-order valence-corrected chi connectivity index (χ1v) is 12.6. The maximum atomic E-state index is 12.2. The zero-order chi connectivity index (χ0) is 21.6. The molecule has 1 aliphatic heterocycles. The summed E-state index contributed by atoms with van der Waals surface area (Å²) < 4.78 is 11.3. The first-order valence-electron chi connectivity index (χ1n) is 12.6. The van der Waals surface area contributed by atoms with E-state index in [1.807, 2.05) is 13.0 Å². The van der Waals surface area contributed by atoms with Gasteiger partial charge >= 0.3 is 5.97 Å². The topological polar surface area (TPSA) is 35.5 Å². The van der Waals surface area contributed by atoms with Gasteiger partial charge in [0.15, 0.2) is 0 Å². The average Bonchev–Trinajstić information content (AvgIpc) is 3.10. The zero-order valence-corrected chi connectivity index (χ0v) is 19.5. The van der Waals surface area contributed by atoms with Crippen LogP contribution in [0.4, 0.5) is 0 Å². The molecule has 4 aliphatic rings. The summed E-state index contributed by atoms with van der Waals surface area (Å²) in [6.07, 6.45) is 11.7. The lowest BCUT2D eigenvalue weighted by molar-refractivity contribution is -0.137. The Kier molecular flexibility index (Phi) is 5.75. The summed E-state index contributed by atoms with van der Waals surface area (Å²) >= 11 is 0. The summed E-state index contributed by atoms with van der Waals surface area (Å²) in [7, 11) is 0. The molecule has 3 heteroatoms. The van der Waals surface area contributed by atoms with Gasteiger partial charge in [-0.3, -0.25) is 0 Å². The molecule has 3 fully saturated rings. The molecule has 0 bridgehead atoms. The maximum absolute atomic E-state index is 12.2. The van der Waals surface area contributed by atoms with E-state index >= 15 is 0 Å². The third-order valence-electron chi connectivity index (χ3n) is 9.08. The van der Waals surface area contributed by atoms with Crippen LogP contribution in [0.25, 0.3) is 0 Å². The highest BCUT2D eigenvalue weighted by molar-refractivity contribution is 5.83. The molecule has 1 saturated heterocycles. The van der Waals surface area contributed by atoms with Crippen LogP contribution in [0.15, 0.2) is 29.8 Å². The molecule has 5 rings (SSSR count). The van der Waals surface area contributed by atoms with Crippen LogP contribution in [-0.4, -0.2) is 19.2 Å². The molecule has 2 saturated carbocycles. The van der Waals surface area contributed by atoms with Crippen LogP contribution >= 0.6 is 0 Å². The summed E-state index contributed by atoms with van der Waals surface area (Å²) in [4.78, 5) is 12.2. The molecule has 31 heavy (non-hydrogen) atoms. The zero-order valence-electron chi connectivity index (χ0n) is 19.5. The van der Waals surface area contributed by atoms with Crippen LogP contribution in [0.3, 0.4) is 0 Å². The van der Waals surface area contributed by atoms with Gasteiger partial charge in [0.2, 0.25) is 0 Å². The van der Waals surface area contributed by atoms with Crippen molar-refractivity contribution < 1.29 is 14.3 Å². The van der Waals surface area contributed by atoms with E-state index in [9.17, 15) is 4.79 Å². The highest BCUT2D eigenvalue weighted by Crippen LogP contribution is 2.63. The number of fused-ring (bicyclic) bond motifs is 5. The van der Waals surface area contributed by atoms with E-state index in [0.717, 1.165) is 25.4 Å². The number of hydrogen-bond donors (Lipinski definition) is 0. The van der Waals surface area contributed by atoms with E-state index in [-0.39, 0.29) is 11.4 Å². The fourth-order valence-corrected chi connectivity index (χ4v) is 7.61. The maximum Gasteiger partial charge on any atom is 0.330 e. The van der Waals surface area contributed by atoms with Gasteiger partial charge < -0.3 is 9.47 Å². The molecule has 0 radical (unpaired) electrons. The molecule has 0 spiro atoms. The number of esters is 1. The number of carbonyl (C=O) groups is 1. The molecular weight excluding hydrogens is 384 g/mol. The van der Waals surface area contributed by atoms with E-state index in [1.54, 1.807) is 11.1 Å². The Morgan fingerprint density at radius 1 is 1.26 bits per heavy atom. The fraction of sp³-hybridized carbons (Fsp3) is 0.679. The second-order valence-corrected chi connectivity index (χ2v) is 10.7. The van der Waals surface area contributed by atoms with Crippen LogP contribution < -0.4 is 0 Å².